The number of hydrogen-bond donors (Lipinski definition) is 1. The Labute approximate surface area is 158 Å². The van der Waals surface area contributed by atoms with Gasteiger partial charge in [-0.25, -0.2) is 5.43 Å². The molecule has 2 aliphatic rings. The van der Waals surface area contributed by atoms with Crippen molar-refractivity contribution in [3.63, 3.8) is 0 Å². The zero-order valence-electron chi connectivity index (χ0n) is 14.6. The molecule has 4 rings (SSSR count). The van der Waals surface area contributed by atoms with E-state index in [0.717, 1.165) is 43.6 Å². The Hall–Kier alpha value is -2.41. The molecule has 3 heterocycles. The van der Waals surface area contributed by atoms with Gasteiger partial charge < -0.3 is 9.80 Å². The number of nitrogens with zero attached hydrogens (tertiary/aromatic N) is 6. The largest absolute Gasteiger partial charge is 0.341 e. The fourth-order valence-electron chi connectivity index (χ4n) is 3.26. The molecule has 0 radical (unpaired) electrons. The topological polar surface area (TPSA) is 69.5 Å². The van der Waals surface area contributed by atoms with Crippen LogP contribution in [0.1, 0.15) is 31.2 Å². The molecule has 0 atom stereocenters. The molecule has 8 heteroatoms. The van der Waals surface area contributed by atoms with E-state index in [4.69, 9.17) is 16.6 Å². The van der Waals surface area contributed by atoms with Gasteiger partial charge >= 0.3 is 0 Å². The molecular formula is C18H22ClN7. The Kier molecular flexibility index (Phi) is 5.15. The van der Waals surface area contributed by atoms with Gasteiger partial charge in [0.2, 0.25) is 17.8 Å². The van der Waals surface area contributed by atoms with Gasteiger partial charge in [-0.1, -0.05) is 29.8 Å². The van der Waals surface area contributed by atoms with Crippen molar-refractivity contribution in [1.29, 1.82) is 0 Å². The van der Waals surface area contributed by atoms with Crippen molar-refractivity contribution in [2.75, 3.05) is 41.4 Å². The van der Waals surface area contributed by atoms with Gasteiger partial charge in [-0.3, -0.25) is 0 Å². The summed E-state index contributed by atoms with van der Waals surface area (Å²) in [5.74, 6) is 1.93. The van der Waals surface area contributed by atoms with Crippen molar-refractivity contribution in [3.8, 4) is 0 Å². The molecular weight excluding hydrogens is 350 g/mol. The van der Waals surface area contributed by atoms with E-state index in [1.54, 1.807) is 6.21 Å². The Morgan fingerprint density at radius 1 is 0.885 bits per heavy atom. The van der Waals surface area contributed by atoms with Crippen LogP contribution in [0.2, 0.25) is 5.02 Å². The van der Waals surface area contributed by atoms with Crippen LogP contribution in [0.4, 0.5) is 17.8 Å². The molecule has 0 amide bonds. The molecule has 0 saturated carbocycles. The summed E-state index contributed by atoms with van der Waals surface area (Å²) in [6.45, 7) is 3.97. The predicted molar refractivity (Wildman–Crippen MR) is 105 cm³/mol. The predicted octanol–water partition coefficient (Wildman–Crippen LogP) is 3.17. The summed E-state index contributed by atoms with van der Waals surface area (Å²) in [6.07, 6.45) is 6.39. The molecule has 1 N–H and O–H groups in total. The third-order valence-electron chi connectivity index (χ3n) is 4.66. The quantitative estimate of drug-likeness (QED) is 0.643. The summed E-state index contributed by atoms with van der Waals surface area (Å²) in [5, 5.41) is 4.92. The number of anilines is 3. The number of benzene rings is 1. The van der Waals surface area contributed by atoms with Crippen molar-refractivity contribution in [3.05, 3.63) is 34.9 Å². The Bertz CT molecular complexity index is 749. The molecule has 26 heavy (non-hydrogen) atoms. The molecule has 136 valence electrons. The van der Waals surface area contributed by atoms with Crippen molar-refractivity contribution < 1.29 is 0 Å². The summed E-state index contributed by atoms with van der Waals surface area (Å²) >= 11 is 6.16. The SMILES string of the molecule is Clc1ccccc1C=NNc1nc(N2CCCC2)nc(N2CCCC2)n1. The van der Waals surface area contributed by atoms with E-state index >= 15 is 0 Å². The molecule has 0 bridgehead atoms. The molecule has 0 spiro atoms. The monoisotopic (exact) mass is 371 g/mol. The van der Waals surface area contributed by atoms with E-state index in [-0.39, 0.29) is 0 Å². The Balaban J connectivity index is 1.56. The van der Waals surface area contributed by atoms with E-state index in [2.05, 4.69) is 30.3 Å². The second kappa shape index (κ2) is 7.86. The summed E-state index contributed by atoms with van der Waals surface area (Å²) in [6, 6.07) is 7.56. The smallest absolute Gasteiger partial charge is 0.250 e. The summed E-state index contributed by atoms with van der Waals surface area (Å²) in [5.41, 5.74) is 3.79. The van der Waals surface area contributed by atoms with Crippen LogP contribution in [0.25, 0.3) is 0 Å². The lowest BCUT2D eigenvalue weighted by molar-refractivity contribution is 0.838. The second-order valence-corrected chi connectivity index (χ2v) is 6.95. The Morgan fingerprint density at radius 2 is 1.46 bits per heavy atom. The van der Waals surface area contributed by atoms with Gasteiger partial charge in [-0.05, 0) is 31.7 Å². The lowest BCUT2D eigenvalue weighted by atomic mass is 10.2. The highest BCUT2D eigenvalue weighted by molar-refractivity contribution is 6.33. The van der Waals surface area contributed by atoms with Crippen molar-refractivity contribution in [2.45, 2.75) is 25.7 Å². The van der Waals surface area contributed by atoms with Crippen LogP contribution >= 0.6 is 11.6 Å². The second-order valence-electron chi connectivity index (χ2n) is 6.54. The number of nitrogens with one attached hydrogen (secondary N) is 1. The normalized spacial score (nSPS) is 17.4. The number of hydrazone groups is 1. The van der Waals surface area contributed by atoms with E-state index in [0.29, 0.717) is 11.0 Å². The molecule has 7 nitrogen and oxygen atoms in total. The molecule has 2 saturated heterocycles. The average molecular weight is 372 g/mol. The van der Waals surface area contributed by atoms with Crippen LogP contribution in [-0.4, -0.2) is 47.3 Å². The van der Waals surface area contributed by atoms with Crippen LogP contribution < -0.4 is 15.2 Å². The van der Waals surface area contributed by atoms with E-state index < -0.39 is 0 Å². The van der Waals surface area contributed by atoms with E-state index in [1.807, 2.05) is 24.3 Å². The van der Waals surface area contributed by atoms with Gasteiger partial charge in [-0.2, -0.15) is 20.1 Å². The molecule has 2 aromatic rings. The Morgan fingerprint density at radius 3 is 2.04 bits per heavy atom. The number of hydrogen-bond acceptors (Lipinski definition) is 7. The van der Waals surface area contributed by atoms with Gasteiger partial charge in [-0.15, -0.1) is 0 Å². The first-order chi connectivity index (χ1) is 12.8. The maximum absolute atomic E-state index is 6.16. The molecule has 2 aliphatic heterocycles. The zero-order valence-corrected chi connectivity index (χ0v) is 15.4. The minimum absolute atomic E-state index is 0.465. The lowest BCUT2D eigenvalue weighted by Gasteiger charge is -2.20. The minimum Gasteiger partial charge on any atom is -0.341 e. The van der Waals surface area contributed by atoms with E-state index in [9.17, 15) is 0 Å². The maximum atomic E-state index is 6.16. The average Bonchev–Trinajstić information content (AvgIpc) is 3.37. The van der Waals surface area contributed by atoms with E-state index in [1.165, 1.54) is 25.7 Å². The first-order valence-corrected chi connectivity index (χ1v) is 9.47. The molecule has 0 aliphatic carbocycles. The lowest BCUT2D eigenvalue weighted by Crippen LogP contribution is -2.25. The van der Waals surface area contributed by atoms with Crippen molar-refractivity contribution in [2.24, 2.45) is 5.10 Å². The van der Waals surface area contributed by atoms with Crippen LogP contribution in [-0.2, 0) is 0 Å². The number of rotatable bonds is 5. The summed E-state index contributed by atoms with van der Waals surface area (Å²) < 4.78 is 0. The zero-order chi connectivity index (χ0) is 17.8. The fourth-order valence-corrected chi connectivity index (χ4v) is 3.44. The highest BCUT2D eigenvalue weighted by Crippen LogP contribution is 2.22. The van der Waals surface area contributed by atoms with Gasteiger partial charge in [0.15, 0.2) is 0 Å². The van der Waals surface area contributed by atoms with Crippen molar-refractivity contribution >= 4 is 35.7 Å². The first-order valence-electron chi connectivity index (χ1n) is 9.09. The van der Waals surface area contributed by atoms with Crippen LogP contribution in [0.3, 0.4) is 0 Å². The highest BCUT2D eigenvalue weighted by atomic mass is 35.5. The van der Waals surface area contributed by atoms with Gasteiger partial charge in [0.1, 0.15) is 0 Å². The van der Waals surface area contributed by atoms with Gasteiger partial charge in [0, 0.05) is 36.8 Å². The van der Waals surface area contributed by atoms with Crippen LogP contribution in [0.5, 0.6) is 0 Å². The molecule has 1 aromatic carbocycles. The van der Waals surface area contributed by atoms with Gasteiger partial charge in [0.05, 0.1) is 6.21 Å². The van der Waals surface area contributed by atoms with Crippen LogP contribution in [0, 0.1) is 0 Å². The third-order valence-corrected chi connectivity index (χ3v) is 5.01. The first kappa shape index (κ1) is 17.0. The summed E-state index contributed by atoms with van der Waals surface area (Å²) in [4.78, 5) is 18.2. The number of halogens is 1. The number of aromatic nitrogens is 3. The molecule has 2 fully saturated rings. The van der Waals surface area contributed by atoms with Gasteiger partial charge in [0.25, 0.3) is 0 Å². The summed E-state index contributed by atoms with van der Waals surface area (Å²) in [7, 11) is 0. The molecule has 0 unspecified atom stereocenters. The van der Waals surface area contributed by atoms with Crippen molar-refractivity contribution in [1.82, 2.24) is 15.0 Å². The molecule has 1 aromatic heterocycles. The maximum Gasteiger partial charge on any atom is 0.250 e. The highest BCUT2D eigenvalue weighted by Gasteiger charge is 2.21. The van der Waals surface area contributed by atoms with Crippen LogP contribution in [0.15, 0.2) is 29.4 Å². The standard InChI is InChI=1S/C18H22ClN7/c19-15-8-2-1-7-14(15)13-20-24-16-21-17(25-9-3-4-10-25)23-18(22-16)26-11-5-6-12-26/h1-2,7-8,13H,3-6,9-12H2,(H,21,22,23,24). The third kappa shape index (κ3) is 3.88. The minimum atomic E-state index is 0.465. The fraction of sp³-hybridized carbons (Fsp3) is 0.444.